The van der Waals surface area contributed by atoms with Crippen molar-refractivity contribution in [2.45, 2.75) is 63.6 Å². The molecule has 2 aromatic rings. The number of hydrogen-bond acceptors (Lipinski definition) is 8. The molecule has 8 heteroatoms. The van der Waals surface area contributed by atoms with Crippen LogP contribution < -0.4 is 16.0 Å². The Labute approximate surface area is 190 Å². The highest BCUT2D eigenvalue weighted by atomic mass is 16.5. The molecule has 32 heavy (non-hydrogen) atoms. The summed E-state index contributed by atoms with van der Waals surface area (Å²) in [4.78, 5) is 13.3. The molecule has 0 amide bonds. The third-order valence-electron chi connectivity index (χ3n) is 6.43. The zero-order valence-electron chi connectivity index (χ0n) is 19.0. The van der Waals surface area contributed by atoms with Gasteiger partial charge in [0.15, 0.2) is 0 Å². The Bertz CT molecular complexity index is 932. The summed E-state index contributed by atoms with van der Waals surface area (Å²) in [6.45, 7) is 3.58. The minimum atomic E-state index is -0.189. The lowest BCUT2D eigenvalue weighted by molar-refractivity contribution is 0.161. The number of ether oxygens (including phenoxy) is 1. The van der Waals surface area contributed by atoms with Crippen molar-refractivity contribution in [3.05, 3.63) is 30.7 Å². The summed E-state index contributed by atoms with van der Waals surface area (Å²) < 4.78 is 5.23. The van der Waals surface area contributed by atoms with Crippen LogP contribution in [0.2, 0.25) is 0 Å². The topological polar surface area (TPSA) is 108 Å². The number of hydrogen-bond donors (Lipinski definition) is 3. The minimum absolute atomic E-state index is 0.189. The predicted octanol–water partition coefficient (Wildman–Crippen LogP) is 3.60. The molecular formula is C24H33N7O. The van der Waals surface area contributed by atoms with Crippen molar-refractivity contribution in [1.29, 1.82) is 5.26 Å². The van der Waals surface area contributed by atoms with Crippen molar-refractivity contribution in [1.82, 2.24) is 20.3 Å². The Kier molecular flexibility index (Phi) is 7.18. The SMILES string of the molecule is COC[C@H](C)NC1CCC(Nc2cc(-c3cc(NCC4(C#N)CC4)ccn3)ncn2)CC1. The first-order valence-electron chi connectivity index (χ1n) is 11.5. The van der Waals surface area contributed by atoms with Crippen LogP contribution in [0.25, 0.3) is 11.4 Å². The molecule has 1 atom stereocenters. The summed E-state index contributed by atoms with van der Waals surface area (Å²) in [6, 6.07) is 9.64. The lowest BCUT2D eigenvalue weighted by Crippen LogP contribution is -2.42. The van der Waals surface area contributed by atoms with E-state index >= 15 is 0 Å². The van der Waals surface area contributed by atoms with E-state index in [1.807, 2.05) is 18.2 Å². The van der Waals surface area contributed by atoms with Gasteiger partial charge in [-0.2, -0.15) is 5.26 Å². The Balaban J connectivity index is 1.32. The van der Waals surface area contributed by atoms with Crippen LogP contribution in [0.1, 0.15) is 45.4 Å². The molecule has 0 aliphatic heterocycles. The third kappa shape index (κ3) is 5.93. The molecule has 2 heterocycles. The van der Waals surface area contributed by atoms with E-state index < -0.39 is 0 Å². The lowest BCUT2D eigenvalue weighted by atomic mass is 9.90. The molecule has 4 rings (SSSR count). The summed E-state index contributed by atoms with van der Waals surface area (Å²) in [5.74, 6) is 0.834. The molecule has 2 saturated carbocycles. The van der Waals surface area contributed by atoms with E-state index in [-0.39, 0.29) is 5.41 Å². The van der Waals surface area contributed by atoms with E-state index in [0.29, 0.717) is 24.7 Å². The summed E-state index contributed by atoms with van der Waals surface area (Å²) in [5, 5.41) is 19.9. The second-order valence-corrected chi connectivity index (χ2v) is 9.18. The van der Waals surface area contributed by atoms with E-state index in [1.54, 1.807) is 19.6 Å². The molecule has 0 saturated heterocycles. The highest BCUT2D eigenvalue weighted by molar-refractivity contribution is 5.63. The van der Waals surface area contributed by atoms with E-state index in [9.17, 15) is 5.26 Å². The first-order chi connectivity index (χ1) is 15.6. The van der Waals surface area contributed by atoms with Gasteiger partial charge < -0.3 is 20.7 Å². The molecule has 0 aromatic carbocycles. The molecule has 8 nitrogen and oxygen atoms in total. The van der Waals surface area contributed by atoms with Crippen LogP contribution in [0.3, 0.4) is 0 Å². The molecule has 2 aromatic heterocycles. The molecular weight excluding hydrogens is 402 g/mol. The lowest BCUT2D eigenvalue weighted by Gasteiger charge is -2.31. The smallest absolute Gasteiger partial charge is 0.130 e. The molecule has 0 bridgehead atoms. The highest BCUT2D eigenvalue weighted by Gasteiger charge is 2.42. The fourth-order valence-electron chi connectivity index (χ4n) is 4.32. The quantitative estimate of drug-likeness (QED) is 0.520. The largest absolute Gasteiger partial charge is 0.383 e. The van der Waals surface area contributed by atoms with Gasteiger partial charge in [0.2, 0.25) is 0 Å². The maximum Gasteiger partial charge on any atom is 0.130 e. The Morgan fingerprint density at radius 3 is 2.59 bits per heavy atom. The zero-order valence-corrected chi connectivity index (χ0v) is 19.0. The fraction of sp³-hybridized carbons (Fsp3) is 0.583. The normalized spacial score (nSPS) is 22.5. The highest BCUT2D eigenvalue weighted by Crippen LogP contribution is 2.44. The number of methoxy groups -OCH3 is 1. The van der Waals surface area contributed by atoms with Gasteiger partial charge in [-0.1, -0.05) is 0 Å². The van der Waals surface area contributed by atoms with Gasteiger partial charge >= 0.3 is 0 Å². The van der Waals surface area contributed by atoms with Gasteiger partial charge in [0, 0.05) is 49.7 Å². The molecule has 0 radical (unpaired) electrons. The molecule has 0 unspecified atom stereocenters. The second kappa shape index (κ2) is 10.2. The average molecular weight is 436 g/mol. The maximum atomic E-state index is 9.27. The van der Waals surface area contributed by atoms with E-state index in [4.69, 9.17) is 4.74 Å². The van der Waals surface area contributed by atoms with Crippen molar-refractivity contribution in [2.75, 3.05) is 30.9 Å². The molecule has 170 valence electrons. The molecule has 0 spiro atoms. The molecule has 3 N–H and O–H groups in total. The number of pyridine rings is 1. The summed E-state index contributed by atoms with van der Waals surface area (Å²) >= 11 is 0. The van der Waals surface area contributed by atoms with Gasteiger partial charge in [-0.25, -0.2) is 9.97 Å². The van der Waals surface area contributed by atoms with E-state index in [2.05, 4.69) is 43.9 Å². The van der Waals surface area contributed by atoms with Crippen molar-refractivity contribution in [3.63, 3.8) is 0 Å². The number of anilines is 2. The standard InChI is InChI=1S/C24H33N7O/c1-17(13-32-2)30-18-3-5-19(6-4-18)31-23-12-22(28-16-29-23)21-11-20(7-10-26-21)27-15-24(14-25)8-9-24/h7,10-12,16-19,30H,3-6,8-9,13,15H2,1-2H3,(H,26,27)(H,28,29,31)/t17-,18?,19?/m0/s1. The van der Waals surface area contributed by atoms with Gasteiger partial charge in [-0.3, -0.25) is 4.98 Å². The van der Waals surface area contributed by atoms with E-state index in [0.717, 1.165) is 68.0 Å². The van der Waals surface area contributed by atoms with Crippen molar-refractivity contribution < 1.29 is 4.74 Å². The van der Waals surface area contributed by atoms with Gasteiger partial charge in [0.25, 0.3) is 0 Å². The van der Waals surface area contributed by atoms with Crippen LogP contribution in [-0.4, -0.2) is 53.3 Å². The number of aromatic nitrogens is 3. The van der Waals surface area contributed by atoms with Crippen molar-refractivity contribution in [3.8, 4) is 17.5 Å². The van der Waals surface area contributed by atoms with E-state index in [1.165, 1.54) is 0 Å². The van der Waals surface area contributed by atoms with Gasteiger partial charge in [0.1, 0.15) is 12.1 Å². The van der Waals surface area contributed by atoms with Gasteiger partial charge in [-0.05, 0) is 57.6 Å². The fourth-order valence-corrected chi connectivity index (χ4v) is 4.32. The molecule has 2 aliphatic carbocycles. The number of nitriles is 1. The Morgan fingerprint density at radius 1 is 1.12 bits per heavy atom. The van der Waals surface area contributed by atoms with Crippen molar-refractivity contribution in [2.24, 2.45) is 5.41 Å². The van der Waals surface area contributed by atoms with Crippen LogP contribution in [0.5, 0.6) is 0 Å². The summed E-state index contributed by atoms with van der Waals surface area (Å²) in [6.07, 6.45) is 9.81. The first-order valence-corrected chi connectivity index (χ1v) is 11.5. The molecule has 2 fully saturated rings. The average Bonchev–Trinajstić information content (AvgIpc) is 3.60. The maximum absolute atomic E-state index is 9.27. The van der Waals surface area contributed by atoms with Crippen LogP contribution in [0.15, 0.2) is 30.7 Å². The van der Waals surface area contributed by atoms with Crippen molar-refractivity contribution >= 4 is 11.5 Å². The van der Waals surface area contributed by atoms with Crippen LogP contribution in [-0.2, 0) is 4.74 Å². The Morgan fingerprint density at radius 2 is 1.88 bits per heavy atom. The third-order valence-corrected chi connectivity index (χ3v) is 6.43. The monoisotopic (exact) mass is 435 g/mol. The van der Waals surface area contributed by atoms with Gasteiger partial charge in [0.05, 0.1) is 29.5 Å². The molecule has 2 aliphatic rings. The van der Waals surface area contributed by atoms with Crippen LogP contribution >= 0.6 is 0 Å². The summed E-state index contributed by atoms with van der Waals surface area (Å²) in [5.41, 5.74) is 2.35. The number of nitrogens with zero attached hydrogens (tertiary/aromatic N) is 4. The Hall–Kier alpha value is -2.76. The summed E-state index contributed by atoms with van der Waals surface area (Å²) in [7, 11) is 1.75. The predicted molar refractivity (Wildman–Crippen MR) is 125 cm³/mol. The zero-order chi connectivity index (χ0) is 22.4. The van der Waals surface area contributed by atoms with Crippen LogP contribution in [0, 0.1) is 16.7 Å². The minimum Gasteiger partial charge on any atom is -0.383 e. The number of nitrogens with one attached hydrogen (secondary N) is 3. The first kappa shape index (κ1) is 22.4. The number of rotatable bonds is 10. The van der Waals surface area contributed by atoms with Crippen LogP contribution in [0.4, 0.5) is 11.5 Å². The van der Waals surface area contributed by atoms with Gasteiger partial charge in [-0.15, -0.1) is 0 Å². The second-order valence-electron chi connectivity index (χ2n) is 9.18.